The Kier molecular flexibility index (Phi) is 68.2. The molecule has 0 heterocycles. The zero-order valence-corrected chi connectivity index (χ0v) is 75.6. The van der Waals surface area contributed by atoms with Crippen LogP contribution in [0.1, 0.15) is 220 Å². The van der Waals surface area contributed by atoms with Gasteiger partial charge in [0.15, 0.2) is 0 Å². The summed E-state index contributed by atoms with van der Waals surface area (Å²) in [4.78, 5) is 176. The molecule has 0 bridgehead atoms. The van der Waals surface area contributed by atoms with Gasteiger partial charge in [-0.2, -0.15) is 0 Å². The van der Waals surface area contributed by atoms with E-state index in [2.05, 4.69) is 32.8 Å². The minimum Gasteiger partial charge on any atom is -0.466 e. The minimum absolute atomic E-state index is 0.000436. The molecule has 2 aromatic rings. The number of benzene rings is 2. The molecule has 0 spiro atoms. The number of hydrogen-bond acceptors (Lipinski definition) is 36. The van der Waals surface area contributed by atoms with Gasteiger partial charge in [0.1, 0.15) is 52.9 Å². The molecular weight excluding hydrogens is 1610 g/mol. The predicted molar refractivity (Wildman–Crippen MR) is 437 cm³/mol. The van der Waals surface area contributed by atoms with Crippen LogP contribution in [-0.4, -0.2) is 215 Å². The number of ether oxygens (including phenoxy) is 20. The third-order valence-corrected chi connectivity index (χ3v) is 14.4. The maximum Gasteiger partial charge on any atom is 0.508 e. The van der Waals surface area contributed by atoms with Gasteiger partial charge in [0, 0.05) is 89.9 Å². The van der Waals surface area contributed by atoms with Gasteiger partial charge in [-0.05, 0) is 47.9 Å². The van der Waals surface area contributed by atoms with E-state index in [4.69, 9.17) is 75.8 Å². The summed E-state index contributed by atoms with van der Waals surface area (Å²) in [5.41, 5.74) is 2.92. The summed E-state index contributed by atoms with van der Waals surface area (Å²) in [7, 11) is 0. The van der Waals surface area contributed by atoms with Crippen LogP contribution in [0.3, 0.4) is 0 Å². The van der Waals surface area contributed by atoms with E-state index in [1.807, 2.05) is 76.2 Å². The third-order valence-electron chi connectivity index (χ3n) is 14.4. The molecule has 2 aromatic carbocycles. The predicted octanol–water partition coefficient (Wildman–Crippen LogP) is 13.1. The van der Waals surface area contributed by atoms with Gasteiger partial charge in [-0.15, -0.1) is 0 Å². The van der Waals surface area contributed by atoms with Gasteiger partial charge in [-0.3, -0.25) is 57.5 Å². The fourth-order valence-electron chi connectivity index (χ4n) is 7.44. The average molecular weight is 1750 g/mol. The molecule has 0 saturated carbocycles. The van der Waals surface area contributed by atoms with Crippen LogP contribution in [0.2, 0.25) is 0 Å². The number of carbonyl (C=O) groups is 16. The first-order valence-electron chi connectivity index (χ1n) is 40.2. The molecule has 0 fully saturated rings. The van der Waals surface area contributed by atoms with E-state index in [-0.39, 0.29) is 234 Å². The van der Waals surface area contributed by atoms with E-state index in [1.54, 1.807) is 69.2 Å². The van der Waals surface area contributed by atoms with Crippen molar-refractivity contribution in [2.75, 3.05) is 119 Å². The van der Waals surface area contributed by atoms with Gasteiger partial charge in [0.2, 0.25) is 0 Å². The van der Waals surface area contributed by atoms with Crippen LogP contribution in [0.4, 0.5) is 19.2 Å². The number of rotatable bonds is 48. The molecule has 0 N–H and O–H groups in total. The van der Waals surface area contributed by atoms with Crippen molar-refractivity contribution >= 4 is 96.3 Å². The lowest BCUT2D eigenvalue weighted by Gasteiger charge is -2.23. The highest BCUT2D eigenvalue weighted by molar-refractivity contribution is 5.74. The molecule has 2 rings (SSSR count). The van der Waals surface area contributed by atoms with Gasteiger partial charge >= 0.3 is 96.3 Å². The Morgan fingerprint density at radius 1 is 0.238 bits per heavy atom. The molecule has 0 radical (unpaired) electrons. The van der Waals surface area contributed by atoms with E-state index in [9.17, 15) is 76.7 Å². The van der Waals surface area contributed by atoms with Crippen molar-refractivity contribution in [2.24, 2.45) is 39.9 Å². The number of esters is 12. The zero-order valence-electron chi connectivity index (χ0n) is 75.6. The Morgan fingerprint density at radius 2 is 0.443 bits per heavy atom. The van der Waals surface area contributed by atoms with Crippen LogP contribution in [0.5, 0.6) is 0 Å². The molecule has 0 unspecified atom stereocenters. The summed E-state index contributed by atoms with van der Waals surface area (Å²) in [6.07, 6.45) is 1.42. The normalized spacial score (nSPS) is 10.5. The van der Waals surface area contributed by atoms with E-state index < -0.39 is 46.8 Å². The first kappa shape index (κ1) is 117. The maximum atomic E-state index is 11.6. The van der Waals surface area contributed by atoms with E-state index in [0.717, 1.165) is 24.0 Å². The summed E-state index contributed by atoms with van der Waals surface area (Å²) in [5, 5.41) is 0. The van der Waals surface area contributed by atoms with Crippen molar-refractivity contribution in [2.45, 2.75) is 223 Å². The molecule has 0 saturated heterocycles. The van der Waals surface area contributed by atoms with Crippen LogP contribution in [0, 0.1) is 39.9 Å². The molecule has 0 aliphatic carbocycles. The fraction of sp³-hybridized carbons (Fsp3) is 0.674. The average Bonchev–Trinajstić information content (AvgIpc) is 0.898. The molecule has 0 aromatic heterocycles. The molecule has 36 heteroatoms. The Balaban J connectivity index is -0.000000685. The largest absolute Gasteiger partial charge is 0.508 e. The second kappa shape index (κ2) is 70.8. The van der Waals surface area contributed by atoms with Crippen LogP contribution < -0.4 is 0 Å². The van der Waals surface area contributed by atoms with Crippen LogP contribution in [0.15, 0.2) is 48.5 Å². The monoisotopic (exact) mass is 1740 g/mol. The smallest absolute Gasteiger partial charge is 0.466 e. The minimum atomic E-state index is -0.855. The van der Waals surface area contributed by atoms with Gasteiger partial charge in [-0.1, -0.05) is 159 Å². The lowest BCUT2D eigenvalue weighted by molar-refractivity contribution is -0.153. The van der Waals surface area contributed by atoms with Gasteiger partial charge < -0.3 is 94.7 Å². The first-order valence-corrected chi connectivity index (χ1v) is 40.2. The van der Waals surface area contributed by atoms with E-state index >= 15 is 0 Å². The Hall–Kier alpha value is -10.8. The van der Waals surface area contributed by atoms with Crippen molar-refractivity contribution in [1.29, 1.82) is 0 Å². The maximum absolute atomic E-state index is 11.6. The van der Waals surface area contributed by atoms with Gasteiger partial charge in [0.05, 0.1) is 103 Å². The standard InChI is InChI=1S/C17H24O5.C15H26O6.C15H20O5.C14H24O7.C13H22O6.C12H20O7/c1-5-14-6-8-15(9-7-14)10-20-16(19)22-12-17(3,4)11-21-13(2)18;1-11(2)14(18)19-8-6-7-13(17)21-10-15(4,5)9-20-12(3)16;1-3-13-5-7-14(8-6-13)11-20-15(17)19-10-4-9-18-12(2)16;1-10(2)12(16)18-6-7-19-13(17)21-9-14(4,5)8-20-11(3)15;1-10(2)13(16)19-7-4-6-12(15)18-9-5-8-17-11(3)14;1-9(2)11(14)17-7-8-19-12(15)18-6-4-5-16-10(3)13/h6-9H,5,10-12H2,1-4H3;11H,6-10H2,1-5H3;5-8H,3-4,9-11H2,1-2H3;10H,6-9H2,1-5H3;10H,4-9H2,1-3H3;9H,4-8H2,1-3H3. The third kappa shape index (κ3) is 79.0. The van der Waals surface area contributed by atoms with E-state index in [1.165, 1.54) is 52.7 Å². The highest BCUT2D eigenvalue weighted by Gasteiger charge is 2.26. The first-order chi connectivity index (χ1) is 57.1. The van der Waals surface area contributed by atoms with Crippen molar-refractivity contribution in [1.82, 2.24) is 0 Å². The summed E-state index contributed by atoms with van der Waals surface area (Å²) in [5.74, 6) is -4.89. The van der Waals surface area contributed by atoms with Crippen molar-refractivity contribution in [3.05, 3.63) is 70.8 Å². The summed E-state index contributed by atoms with van der Waals surface area (Å²) in [6.45, 7) is 39.6. The number of aryl methyl sites for hydroxylation is 2. The summed E-state index contributed by atoms with van der Waals surface area (Å²) < 4.78 is 97.1. The van der Waals surface area contributed by atoms with Crippen LogP contribution in [0.25, 0.3) is 0 Å². The quantitative estimate of drug-likeness (QED) is 0.0337. The number of hydrogen-bond donors (Lipinski definition) is 0. The van der Waals surface area contributed by atoms with Crippen molar-refractivity contribution in [3.63, 3.8) is 0 Å². The Bertz CT molecular complexity index is 3220. The van der Waals surface area contributed by atoms with Crippen LogP contribution in [-0.2, 0) is 178 Å². The lowest BCUT2D eigenvalue weighted by Crippen LogP contribution is -2.28. The highest BCUT2D eigenvalue weighted by Crippen LogP contribution is 2.20. The van der Waals surface area contributed by atoms with Crippen molar-refractivity contribution < 1.29 is 171 Å². The Labute approximate surface area is 717 Å². The summed E-state index contributed by atoms with van der Waals surface area (Å²) in [6, 6.07) is 15.7. The molecule has 0 atom stereocenters. The number of carbonyl (C=O) groups excluding carboxylic acids is 16. The second-order valence-corrected chi connectivity index (χ2v) is 30.2. The Morgan fingerprint density at radius 3 is 0.730 bits per heavy atom. The lowest BCUT2D eigenvalue weighted by atomic mass is 9.96. The molecule has 696 valence electrons. The molecule has 0 aliphatic rings. The molecule has 0 amide bonds. The zero-order chi connectivity index (χ0) is 93.7. The molecule has 0 aliphatic heterocycles. The SMILES string of the molecule is CC(=O)OCC(C)(C)COC(=O)CCCOC(=O)C(C)C.CC(=O)OCC(C)(C)COC(=O)OCCOC(=O)C(C)C.CC(=O)OCCCOC(=O)CCCOC(=O)C(C)C.CC(=O)OCCCOC(=O)OCCOC(=O)C(C)C.CCc1ccc(COC(=O)OCC(C)(C)COC(C)=O)cc1.CCc1ccc(COC(=O)OCCCOC(C)=O)cc1. The molecule has 122 heavy (non-hydrogen) atoms. The van der Waals surface area contributed by atoms with E-state index in [0.29, 0.717) is 32.1 Å². The molecule has 36 nitrogen and oxygen atoms in total. The van der Waals surface area contributed by atoms with Crippen LogP contribution >= 0.6 is 0 Å². The highest BCUT2D eigenvalue weighted by atomic mass is 16.7. The summed E-state index contributed by atoms with van der Waals surface area (Å²) >= 11 is 0. The fourth-order valence-corrected chi connectivity index (χ4v) is 7.44. The second-order valence-electron chi connectivity index (χ2n) is 30.2. The van der Waals surface area contributed by atoms with Gasteiger partial charge in [-0.25, -0.2) is 19.2 Å². The van der Waals surface area contributed by atoms with Crippen molar-refractivity contribution in [3.8, 4) is 0 Å². The van der Waals surface area contributed by atoms with Gasteiger partial charge in [0.25, 0.3) is 0 Å². The topological polar surface area (TPSA) is 458 Å². The molecular formula is C86H136O36.